The van der Waals surface area contributed by atoms with Crippen LogP contribution in [-0.4, -0.2) is 23.8 Å². The Labute approximate surface area is 177 Å². The van der Waals surface area contributed by atoms with Crippen molar-refractivity contribution in [3.05, 3.63) is 51.5 Å². The fourth-order valence-electron chi connectivity index (χ4n) is 4.23. The summed E-state index contributed by atoms with van der Waals surface area (Å²) in [4.78, 5) is 37.9. The molecular weight excluding hydrogens is 410 g/mol. The number of benzene rings is 2. The minimum absolute atomic E-state index is 0.224. The lowest BCUT2D eigenvalue weighted by molar-refractivity contribution is -0.383. The van der Waals surface area contributed by atoms with E-state index in [0.717, 1.165) is 17.7 Å². The Morgan fingerprint density at radius 2 is 1.77 bits per heavy atom. The maximum Gasteiger partial charge on any atom is 0.294 e. The van der Waals surface area contributed by atoms with Gasteiger partial charge < -0.3 is 10.1 Å². The van der Waals surface area contributed by atoms with E-state index in [9.17, 15) is 19.7 Å². The van der Waals surface area contributed by atoms with Crippen LogP contribution in [0.15, 0.2) is 36.4 Å². The predicted octanol–water partition coefficient (Wildman–Crippen LogP) is 4.68. The molecule has 0 radical (unpaired) electrons. The van der Waals surface area contributed by atoms with E-state index in [2.05, 4.69) is 5.32 Å². The third-order valence-electron chi connectivity index (χ3n) is 5.71. The first-order valence-electron chi connectivity index (χ1n) is 9.67. The summed E-state index contributed by atoms with van der Waals surface area (Å²) < 4.78 is 5.11. The summed E-state index contributed by atoms with van der Waals surface area (Å²) >= 11 is 6.12. The number of nitrogens with one attached hydrogen (secondary N) is 1. The molecule has 1 saturated carbocycles. The number of halogens is 1. The summed E-state index contributed by atoms with van der Waals surface area (Å²) in [6.07, 6.45) is 3.21. The smallest absolute Gasteiger partial charge is 0.294 e. The molecule has 2 fully saturated rings. The van der Waals surface area contributed by atoms with Crippen LogP contribution in [0.5, 0.6) is 5.75 Å². The summed E-state index contributed by atoms with van der Waals surface area (Å²) in [6.45, 7) is 0. The fourth-order valence-corrected chi connectivity index (χ4v) is 4.49. The number of ether oxygens (including phenoxy) is 1. The van der Waals surface area contributed by atoms with E-state index in [-0.39, 0.29) is 40.7 Å². The molecule has 0 unspecified atom stereocenters. The number of anilines is 3. The van der Waals surface area contributed by atoms with Crippen molar-refractivity contribution < 1.29 is 19.2 Å². The molecule has 1 saturated heterocycles. The third kappa shape index (κ3) is 3.47. The molecule has 9 heteroatoms. The zero-order valence-electron chi connectivity index (χ0n) is 16.3. The number of imide groups is 1. The van der Waals surface area contributed by atoms with E-state index >= 15 is 0 Å². The molecule has 2 atom stereocenters. The highest BCUT2D eigenvalue weighted by Crippen LogP contribution is 2.42. The molecule has 4 rings (SSSR count). The number of fused-ring (bicyclic) bond motifs is 1. The maximum absolute atomic E-state index is 12.8. The molecule has 30 heavy (non-hydrogen) atoms. The second-order valence-corrected chi connectivity index (χ2v) is 7.85. The van der Waals surface area contributed by atoms with Gasteiger partial charge in [-0.25, -0.2) is 4.90 Å². The Balaban J connectivity index is 1.66. The Morgan fingerprint density at radius 3 is 2.33 bits per heavy atom. The standard InChI is InChI=1S/C21H20ClN3O5/c1-30-19-9-6-12(10-16(19)22)23-17-8-7-13(11-18(17)25(28)29)24-20(26)14-4-2-3-5-15(14)21(24)27/h6-11,14-15,23H,2-5H2,1H3/t14-,15-/m0/s1. The number of nitrogens with zero attached hydrogens (tertiary/aromatic N) is 2. The minimum atomic E-state index is -0.547. The molecule has 0 spiro atoms. The summed E-state index contributed by atoms with van der Waals surface area (Å²) in [5, 5.41) is 15.0. The van der Waals surface area contributed by atoms with Crippen LogP contribution >= 0.6 is 11.6 Å². The number of nitro benzene ring substituents is 1. The first kappa shape index (κ1) is 20.2. The van der Waals surface area contributed by atoms with E-state index in [4.69, 9.17) is 16.3 Å². The molecule has 1 aliphatic heterocycles. The maximum atomic E-state index is 12.8. The molecule has 2 aliphatic rings. The van der Waals surface area contributed by atoms with Crippen LogP contribution in [-0.2, 0) is 9.59 Å². The zero-order valence-corrected chi connectivity index (χ0v) is 17.0. The van der Waals surface area contributed by atoms with Crippen molar-refractivity contribution in [2.75, 3.05) is 17.3 Å². The molecule has 2 amide bonds. The van der Waals surface area contributed by atoms with Crippen LogP contribution in [0.2, 0.25) is 5.02 Å². The molecule has 156 valence electrons. The largest absolute Gasteiger partial charge is 0.495 e. The highest BCUT2D eigenvalue weighted by atomic mass is 35.5. The highest BCUT2D eigenvalue weighted by Gasteiger charge is 2.49. The molecular formula is C21H20ClN3O5. The van der Waals surface area contributed by atoms with E-state index in [1.165, 1.54) is 19.2 Å². The summed E-state index contributed by atoms with van der Waals surface area (Å²) in [5.41, 5.74) is 0.747. The lowest BCUT2D eigenvalue weighted by atomic mass is 9.81. The van der Waals surface area contributed by atoms with Gasteiger partial charge in [0.1, 0.15) is 11.4 Å². The van der Waals surface area contributed by atoms with Crippen molar-refractivity contribution in [3.63, 3.8) is 0 Å². The Hall–Kier alpha value is -3.13. The molecule has 0 bridgehead atoms. The molecule has 2 aromatic rings. The zero-order chi connectivity index (χ0) is 21.4. The second kappa shape index (κ2) is 7.95. The van der Waals surface area contributed by atoms with Crippen LogP contribution in [0.25, 0.3) is 0 Å². The minimum Gasteiger partial charge on any atom is -0.495 e. The van der Waals surface area contributed by atoms with E-state index in [1.807, 2.05) is 0 Å². The SMILES string of the molecule is COc1ccc(Nc2ccc(N3C(=O)[C@H]4CCCC[C@@H]4C3=O)cc2[N+](=O)[O-])cc1Cl. The Morgan fingerprint density at radius 1 is 1.10 bits per heavy atom. The van der Waals surface area contributed by atoms with Crippen LogP contribution in [0, 0.1) is 22.0 Å². The number of hydrogen-bond acceptors (Lipinski definition) is 6. The van der Waals surface area contributed by atoms with Gasteiger partial charge in [-0.15, -0.1) is 0 Å². The second-order valence-electron chi connectivity index (χ2n) is 7.44. The molecule has 0 aromatic heterocycles. The molecule has 8 nitrogen and oxygen atoms in total. The topological polar surface area (TPSA) is 102 Å². The lowest BCUT2D eigenvalue weighted by Crippen LogP contribution is -2.30. The number of carbonyl (C=O) groups excluding carboxylic acids is 2. The van der Waals surface area contributed by atoms with Crippen molar-refractivity contribution >= 4 is 46.2 Å². The van der Waals surface area contributed by atoms with Gasteiger partial charge in [-0.05, 0) is 43.2 Å². The van der Waals surface area contributed by atoms with Crippen LogP contribution < -0.4 is 15.0 Å². The Bertz CT molecular complexity index is 1020. The van der Waals surface area contributed by atoms with Gasteiger partial charge in [-0.1, -0.05) is 24.4 Å². The highest BCUT2D eigenvalue weighted by molar-refractivity contribution is 6.32. The van der Waals surface area contributed by atoms with Gasteiger partial charge >= 0.3 is 0 Å². The first-order valence-corrected chi connectivity index (χ1v) is 10.1. The van der Waals surface area contributed by atoms with Gasteiger partial charge in [0.25, 0.3) is 5.69 Å². The quantitative estimate of drug-likeness (QED) is 0.420. The summed E-state index contributed by atoms with van der Waals surface area (Å²) in [6, 6.07) is 9.23. The van der Waals surface area contributed by atoms with Gasteiger partial charge in [0.2, 0.25) is 11.8 Å². The average Bonchev–Trinajstić information content (AvgIpc) is 2.99. The van der Waals surface area contributed by atoms with E-state index in [0.29, 0.717) is 29.3 Å². The van der Waals surface area contributed by atoms with Gasteiger partial charge in [-0.2, -0.15) is 0 Å². The van der Waals surface area contributed by atoms with Gasteiger partial charge in [0, 0.05) is 11.8 Å². The number of nitro groups is 1. The number of amides is 2. The number of hydrogen-bond donors (Lipinski definition) is 1. The predicted molar refractivity (Wildman–Crippen MR) is 112 cm³/mol. The van der Waals surface area contributed by atoms with Crippen molar-refractivity contribution in [3.8, 4) is 5.75 Å². The monoisotopic (exact) mass is 429 g/mol. The molecule has 1 heterocycles. The van der Waals surface area contributed by atoms with Crippen molar-refractivity contribution in [1.29, 1.82) is 0 Å². The van der Waals surface area contributed by atoms with Crippen molar-refractivity contribution in [2.24, 2.45) is 11.8 Å². The molecule has 2 aromatic carbocycles. The van der Waals surface area contributed by atoms with Gasteiger partial charge in [0.05, 0.1) is 34.6 Å². The van der Waals surface area contributed by atoms with Crippen LogP contribution in [0.1, 0.15) is 25.7 Å². The van der Waals surface area contributed by atoms with E-state index in [1.54, 1.807) is 24.3 Å². The normalized spacial score (nSPS) is 20.8. The van der Waals surface area contributed by atoms with Gasteiger partial charge in [-0.3, -0.25) is 19.7 Å². The molecule has 1 aliphatic carbocycles. The first-order chi connectivity index (χ1) is 14.4. The van der Waals surface area contributed by atoms with Gasteiger partial charge in [0.15, 0.2) is 0 Å². The van der Waals surface area contributed by atoms with Crippen molar-refractivity contribution in [1.82, 2.24) is 0 Å². The molecule has 1 N–H and O–H groups in total. The lowest BCUT2D eigenvalue weighted by Gasteiger charge is -2.19. The van der Waals surface area contributed by atoms with Crippen LogP contribution in [0.3, 0.4) is 0 Å². The summed E-state index contributed by atoms with van der Waals surface area (Å²) in [7, 11) is 1.49. The van der Waals surface area contributed by atoms with E-state index < -0.39 is 4.92 Å². The fraction of sp³-hybridized carbons (Fsp3) is 0.333. The number of methoxy groups -OCH3 is 1. The number of rotatable bonds is 5. The average molecular weight is 430 g/mol. The third-order valence-corrected chi connectivity index (χ3v) is 6.00. The summed E-state index contributed by atoms with van der Waals surface area (Å²) in [5.74, 6) is -0.669. The Kier molecular flexibility index (Phi) is 5.34. The van der Waals surface area contributed by atoms with Crippen LogP contribution in [0.4, 0.5) is 22.7 Å². The van der Waals surface area contributed by atoms with Crippen molar-refractivity contribution in [2.45, 2.75) is 25.7 Å². The number of carbonyl (C=O) groups is 2.